The number of thiophene rings is 1. The lowest BCUT2D eigenvalue weighted by Crippen LogP contribution is -1.95. The van der Waals surface area contributed by atoms with Crippen molar-refractivity contribution >= 4 is 53.6 Å². The zero-order chi connectivity index (χ0) is 37.0. The van der Waals surface area contributed by atoms with Gasteiger partial charge < -0.3 is 4.42 Å². The first-order chi connectivity index (χ1) is 27.7. The summed E-state index contributed by atoms with van der Waals surface area (Å²) in [6.07, 6.45) is 0. The minimum Gasteiger partial charge on any atom is -0.456 e. The zero-order valence-electron chi connectivity index (χ0n) is 30.2. The number of furan rings is 1. The molecule has 11 rings (SSSR count). The Morgan fingerprint density at radius 2 is 0.964 bits per heavy atom. The molecule has 11 aromatic rings. The maximum Gasteiger partial charge on any atom is 0.160 e. The standard InChI is InChI=1S/C52H32N2OS/c1-4-15-33(16-5-1)39-31-42(48(34-17-6-2-7-18-34)43(32-39)37-27-28-46-44(30-37)40-23-10-12-25-45(40)55-46)36-21-14-22-38(29-36)52-53-49(35-19-8-3-9-20-35)51-50(54-52)41-24-11-13-26-47(41)56-51/h1-32H. The molecule has 0 bridgehead atoms. The molecule has 0 saturated carbocycles. The molecule has 0 aliphatic carbocycles. The molecule has 0 unspecified atom stereocenters. The molecule has 0 atom stereocenters. The Morgan fingerprint density at radius 3 is 1.73 bits per heavy atom. The van der Waals surface area contributed by atoms with Crippen LogP contribution in [0.5, 0.6) is 0 Å². The molecular weight excluding hydrogens is 701 g/mol. The van der Waals surface area contributed by atoms with Gasteiger partial charge in [-0.15, -0.1) is 11.3 Å². The van der Waals surface area contributed by atoms with Crippen molar-refractivity contribution in [2.45, 2.75) is 0 Å². The quantitative estimate of drug-likeness (QED) is 0.171. The summed E-state index contributed by atoms with van der Waals surface area (Å²) in [4.78, 5) is 10.6. The molecular formula is C52H32N2OS. The smallest absolute Gasteiger partial charge is 0.160 e. The van der Waals surface area contributed by atoms with Crippen molar-refractivity contribution in [1.82, 2.24) is 9.97 Å². The van der Waals surface area contributed by atoms with Crippen molar-refractivity contribution in [1.29, 1.82) is 0 Å². The second-order valence-electron chi connectivity index (χ2n) is 14.1. The minimum atomic E-state index is 0.708. The molecule has 0 spiro atoms. The third kappa shape index (κ3) is 5.50. The van der Waals surface area contributed by atoms with Gasteiger partial charge in [-0.1, -0.05) is 152 Å². The Balaban J connectivity index is 1.17. The van der Waals surface area contributed by atoms with Crippen molar-refractivity contribution < 1.29 is 4.42 Å². The van der Waals surface area contributed by atoms with E-state index in [1.54, 1.807) is 11.3 Å². The number of hydrogen-bond acceptors (Lipinski definition) is 4. The van der Waals surface area contributed by atoms with Crippen LogP contribution in [0.4, 0.5) is 0 Å². The Kier molecular flexibility index (Phi) is 7.68. The number of nitrogens with zero attached hydrogens (tertiary/aromatic N) is 2. The molecule has 0 radical (unpaired) electrons. The molecule has 0 aliphatic rings. The molecule has 0 amide bonds. The van der Waals surface area contributed by atoms with Crippen LogP contribution in [0.1, 0.15) is 0 Å². The summed E-state index contributed by atoms with van der Waals surface area (Å²) in [6, 6.07) is 68.7. The van der Waals surface area contributed by atoms with E-state index in [0.717, 1.165) is 93.3 Å². The minimum absolute atomic E-state index is 0.708. The van der Waals surface area contributed by atoms with E-state index in [2.05, 4.69) is 182 Å². The van der Waals surface area contributed by atoms with Gasteiger partial charge in [-0.3, -0.25) is 0 Å². The van der Waals surface area contributed by atoms with Crippen LogP contribution < -0.4 is 0 Å². The molecule has 3 nitrogen and oxygen atoms in total. The predicted octanol–water partition coefficient (Wildman–Crippen LogP) is 14.7. The van der Waals surface area contributed by atoms with Gasteiger partial charge in [-0.25, -0.2) is 9.97 Å². The first kappa shape index (κ1) is 32.3. The summed E-state index contributed by atoms with van der Waals surface area (Å²) in [7, 11) is 0. The van der Waals surface area contributed by atoms with Crippen LogP contribution in [0.3, 0.4) is 0 Å². The van der Waals surface area contributed by atoms with E-state index >= 15 is 0 Å². The fourth-order valence-corrected chi connectivity index (χ4v) is 9.20. The highest BCUT2D eigenvalue weighted by Crippen LogP contribution is 2.46. The van der Waals surface area contributed by atoms with Crippen LogP contribution in [0.15, 0.2) is 199 Å². The lowest BCUT2D eigenvalue weighted by Gasteiger charge is -2.19. The third-order valence-corrected chi connectivity index (χ3v) is 11.9. The van der Waals surface area contributed by atoms with Gasteiger partial charge in [-0.05, 0) is 87.0 Å². The van der Waals surface area contributed by atoms with Crippen LogP contribution in [-0.4, -0.2) is 9.97 Å². The highest BCUT2D eigenvalue weighted by atomic mass is 32.1. The summed E-state index contributed by atoms with van der Waals surface area (Å²) >= 11 is 1.76. The first-order valence-corrected chi connectivity index (χ1v) is 19.6. The van der Waals surface area contributed by atoms with E-state index in [4.69, 9.17) is 14.4 Å². The number of hydrogen-bond donors (Lipinski definition) is 0. The number of para-hydroxylation sites is 1. The fraction of sp³-hybridized carbons (Fsp3) is 0. The SMILES string of the molecule is c1ccc(-c2cc(-c3cccc(-c4nc(-c5ccccc5)c5sc6ccccc6c5n4)c3)c(-c3ccccc3)c(-c3ccc4oc5ccccc5c4c3)c2)cc1. The fourth-order valence-electron chi connectivity index (χ4n) is 8.04. The van der Waals surface area contributed by atoms with Gasteiger partial charge in [0.05, 0.1) is 15.9 Å². The second kappa shape index (κ2) is 13.3. The summed E-state index contributed by atoms with van der Waals surface area (Å²) in [5, 5.41) is 3.37. The molecule has 0 fully saturated rings. The van der Waals surface area contributed by atoms with Gasteiger partial charge in [0.2, 0.25) is 0 Å². The second-order valence-corrected chi connectivity index (χ2v) is 15.2. The molecule has 3 heterocycles. The van der Waals surface area contributed by atoms with Gasteiger partial charge in [0.15, 0.2) is 5.82 Å². The molecule has 0 aliphatic heterocycles. The Morgan fingerprint density at radius 1 is 0.375 bits per heavy atom. The molecule has 3 aromatic heterocycles. The van der Waals surface area contributed by atoms with E-state index in [1.165, 1.54) is 10.3 Å². The van der Waals surface area contributed by atoms with Crippen LogP contribution >= 0.6 is 11.3 Å². The molecule has 8 aromatic carbocycles. The van der Waals surface area contributed by atoms with Crippen molar-refractivity contribution in [2.75, 3.05) is 0 Å². The lowest BCUT2D eigenvalue weighted by atomic mass is 9.84. The predicted molar refractivity (Wildman–Crippen MR) is 235 cm³/mol. The third-order valence-electron chi connectivity index (χ3n) is 10.7. The van der Waals surface area contributed by atoms with Gasteiger partial charge in [0, 0.05) is 32.0 Å². The van der Waals surface area contributed by atoms with Crippen molar-refractivity contribution in [3.63, 3.8) is 0 Å². The Labute approximate surface area is 327 Å². The van der Waals surface area contributed by atoms with E-state index in [-0.39, 0.29) is 0 Å². The molecule has 0 saturated heterocycles. The van der Waals surface area contributed by atoms with Crippen LogP contribution in [0.2, 0.25) is 0 Å². The van der Waals surface area contributed by atoms with E-state index in [1.807, 2.05) is 12.1 Å². The number of fused-ring (bicyclic) bond motifs is 6. The summed E-state index contributed by atoms with van der Waals surface area (Å²) < 4.78 is 8.58. The van der Waals surface area contributed by atoms with Crippen molar-refractivity contribution in [3.05, 3.63) is 194 Å². The number of aromatic nitrogens is 2. The van der Waals surface area contributed by atoms with Gasteiger partial charge in [-0.2, -0.15) is 0 Å². The molecule has 4 heteroatoms. The molecule has 262 valence electrons. The maximum atomic E-state index is 6.27. The van der Waals surface area contributed by atoms with Crippen molar-refractivity contribution in [2.24, 2.45) is 0 Å². The normalized spacial score (nSPS) is 11.6. The molecule has 0 N–H and O–H groups in total. The Hall–Kier alpha value is -7.14. The monoisotopic (exact) mass is 732 g/mol. The van der Waals surface area contributed by atoms with E-state index in [0.29, 0.717) is 5.82 Å². The van der Waals surface area contributed by atoms with Crippen LogP contribution in [0, 0.1) is 0 Å². The summed E-state index contributed by atoms with van der Waals surface area (Å²) in [6.45, 7) is 0. The summed E-state index contributed by atoms with van der Waals surface area (Å²) in [5.74, 6) is 0.708. The van der Waals surface area contributed by atoms with E-state index in [9.17, 15) is 0 Å². The first-order valence-electron chi connectivity index (χ1n) is 18.8. The van der Waals surface area contributed by atoms with Crippen molar-refractivity contribution in [3.8, 4) is 67.2 Å². The van der Waals surface area contributed by atoms with Crippen LogP contribution in [0.25, 0.3) is 109 Å². The van der Waals surface area contributed by atoms with Gasteiger partial charge in [0.25, 0.3) is 0 Å². The van der Waals surface area contributed by atoms with Crippen LogP contribution in [-0.2, 0) is 0 Å². The topological polar surface area (TPSA) is 38.9 Å². The highest BCUT2D eigenvalue weighted by molar-refractivity contribution is 7.26. The maximum absolute atomic E-state index is 6.27. The Bertz CT molecular complexity index is 3240. The largest absolute Gasteiger partial charge is 0.456 e. The summed E-state index contributed by atoms with van der Waals surface area (Å²) in [5.41, 5.74) is 14.9. The zero-order valence-corrected chi connectivity index (χ0v) is 31.0. The van der Waals surface area contributed by atoms with Gasteiger partial charge >= 0.3 is 0 Å². The molecule has 56 heavy (non-hydrogen) atoms. The highest BCUT2D eigenvalue weighted by Gasteiger charge is 2.21. The van der Waals surface area contributed by atoms with E-state index < -0.39 is 0 Å². The van der Waals surface area contributed by atoms with Gasteiger partial charge in [0.1, 0.15) is 11.2 Å². The average molecular weight is 733 g/mol. The number of rotatable bonds is 6. The lowest BCUT2D eigenvalue weighted by molar-refractivity contribution is 0.669. The number of benzene rings is 8. The average Bonchev–Trinajstić information content (AvgIpc) is 3.85.